The lowest BCUT2D eigenvalue weighted by molar-refractivity contribution is -0.158. The SMILES string of the molecule is COC(=O)[C@H]1CC=C(O)C[C@@H]1C(=O)OC. The number of carbonyl (C=O) groups excluding carboxylic acids is 2. The second-order valence-corrected chi connectivity index (χ2v) is 3.39. The van der Waals surface area contributed by atoms with Crippen molar-refractivity contribution in [1.29, 1.82) is 0 Å². The highest BCUT2D eigenvalue weighted by Gasteiger charge is 2.37. The summed E-state index contributed by atoms with van der Waals surface area (Å²) in [7, 11) is 2.53. The van der Waals surface area contributed by atoms with Crippen molar-refractivity contribution >= 4 is 11.9 Å². The van der Waals surface area contributed by atoms with Crippen molar-refractivity contribution in [1.82, 2.24) is 0 Å². The first-order valence-corrected chi connectivity index (χ1v) is 4.63. The number of hydrogen-bond donors (Lipinski definition) is 1. The summed E-state index contributed by atoms with van der Waals surface area (Å²) in [6.07, 6.45) is 1.96. The topological polar surface area (TPSA) is 72.8 Å². The Hall–Kier alpha value is -1.52. The highest BCUT2D eigenvalue weighted by Crippen LogP contribution is 2.30. The molecule has 5 nitrogen and oxygen atoms in total. The number of ether oxygens (including phenoxy) is 2. The summed E-state index contributed by atoms with van der Waals surface area (Å²) in [5.74, 6) is -2.03. The smallest absolute Gasteiger partial charge is 0.310 e. The number of carbonyl (C=O) groups is 2. The highest BCUT2D eigenvalue weighted by atomic mass is 16.5. The molecule has 15 heavy (non-hydrogen) atoms. The highest BCUT2D eigenvalue weighted by molar-refractivity contribution is 5.82. The summed E-state index contributed by atoms with van der Waals surface area (Å²) in [5, 5.41) is 9.30. The zero-order chi connectivity index (χ0) is 11.4. The van der Waals surface area contributed by atoms with Crippen LogP contribution in [0, 0.1) is 11.8 Å². The predicted octanol–water partition coefficient (Wildman–Crippen LogP) is 0.800. The third-order valence-electron chi connectivity index (χ3n) is 2.53. The van der Waals surface area contributed by atoms with Crippen LogP contribution in [0.5, 0.6) is 0 Å². The first kappa shape index (κ1) is 11.6. The number of rotatable bonds is 2. The molecule has 0 aromatic heterocycles. The zero-order valence-electron chi connectivity index (χ0n) is 8.73. The fraction of sp³-hybridized carbons (Fsp3) is 0.600. The molecule has 1 aliphatic rings. The largest absolute Gasteiger partial charge is 0.513 e. The van der Waals surface area contributed by atoms with Gasteiger partial charge in [0.1, 0.15) is 0 Å². The fourth-order valence-corrected chi connectivity index (χ4v) is 1.69. The van der Waals surface area contributed by atoms with Crippen molar-refractivity contribution in [2.24, 2.45) is 11.8 Å². The van der Waals surface area contributed by atoms with Gasteiger partial charge in [-0.2, -0.15) is 0 Å². The zero-order valence-corrected chi connectivity index (χ0v) is 8.73. The molecule has 1 N–H and O–H groups in total. The lowest BCUT2D eigenvalue weighted by atomic mass is 9.82. The summed E-state index contributed by atoms with van der Waals surface area (Å²) in [6, 6.07) is 0. The van der Waals surface area contributed by atoms with E-state index in [0.717, 1.165) is 0 Å². The van der Waals surface area contributed by atoms with Gasteiger partial charge in [-0.05, 0) is 12.5 Å². The van der Waals surface area contributed by atoms with Crippen LogP contribution in [0.2, 0.25) is 0 Å². The Morgan fingerprint density at radius 3 is 2.33 bits per heavy atom. The van der Waals surface area contributed by atoms with Gasteiger partial charge in [0.15, 0.2) is 0 Å². The number of methoxy groups -OCH3 is 2. The maximum absolute atomic E-state index is 11.4. The Bertz CT molecular complexity index is 294. The van der Waals surface area contributed by atoms with Crippen molar-refractivity contribution in [3.8, 4) is 0 Å². The van der Waals surface area contributed by atoms with Crippen LogP contribution in [-0.4, -0.2) is 31.3 Å². The van der Waals surface area contributed by atoms with E-state index in [1.54, 1.807) is 0 Å². The van der Waals surface area contributed by atoms with E-state index in [9.17, 15) is 14.7 Å². The molecule has 0 radical (unpaired) electrons. The van der Waals surface area contributed by atoms with Crippen LogP contribution in [0.1, 0.15) is 12.8 Å². The number of allylic oxidation sites excluding steroid dienone is 2. The van der Waals surface area contributed by atoms with E-state index in [1.807, 2.05) is 0 Å². The van der Waals surface area contributed by atoms with E-state index in [2.05, 4.69) is 9.47 Å². The molecule has 0 heterocycles. The lowest BCUT2D eigenvalue weighted by Gasteiger charge is -2.25. The average Bonchev–Trinajstić information content (AvgIpc) is 2.26. The number of hydrogen-bond acceptors (Lipinski definition) is 5. The Morgan fingerprint density at radius 2 is 1.80 bits per heavy atom. The second kappa shape index (κ2) is 4.82. The molecule has 0 saturated heterocycles. The van der Waals surface area contributed by atoms with Gasteiger partial charge < -0.3 is 14.6 Å². The third kappa shape index (κ3) is 2.49. The van der Waals surface area contributed by atoms with E-state index < -0.39 is 23.8 Å². The van der Waals surface area contributed by atoms with Gasteiger partial charge in [0.2, 0.25) is 0 Å². The molecule has 0 aromatic rings. The third-order valence-corrected chi connectivity index (χ3v) is 2.53. The number of aliphatic hydroxyl groups excluding tert-OH is 1. The summed E-state index contributed by atoms with van der Waals surface area (Å²) < 4.78 is 9.17. The molecule has 5 heteroatoms. The minimum absolute atomic E-state index is 0.116. The lowest BCUT2D eigenvalue weighted by Crippen LogP contribution is -2.33. The molecule has 0 aromatic carbocycles. The maximum Gasteiger partial charge on any atom is 0.310 e. The van der Waals surface area contributed by atoms with Gasteiger partial charge in [-0.1, -0.05) is 0 Å². The van der Waals surface area contributed by atoms with Crippen LogP contribution in [0.15, 0.2) is 11.8 Å². The van der Waals surface area contributed by atoms with Crippen molar-refractivity contribution < 1.29 is 24.2 Å². The van der Waals surface area contributed by atoms with Gasteiger partial charge in [-0.15, -0.1) is 0 Å². The minimum atomic E-state index is -0.646. The Labute approximate surface area is 87.7 Å². The van der Waals surface area contributed by atoms with Gasteiger partial charge in [0, 0.05) is 6.42 Å². The van der Waals surface area contributed by atoms with E-state index in [1.165, 1.54) is 20.3 Å². The van der Waals surface area contributed by atoms with E-state index >= 15 is 0 Å². The van der Waals surface area contributed by atoms with Gasteiger partial charge in [-0.25, -0.2) is 0 Å². The molecule has 0 bridgehead atoms. The second-order valence-electron chi connectivity index (χ2n) is 3.39. The van der Waals surface area contributed by atoms with Crippen molar-refractivity contribution in [2.75, 3.05) is 14.2 Å². The van der Waals surface area contributed by atoms with Crippen LogP contribution in [0.3, 0.4) is 0 Å². The molecule has 0 aliphatic heterocycles. The number of aliphatic hydroxyl groups is 1. The minimum Gasteiger partial charge on any atom is -0.513 e. The Morgan fingerprint density at radius 1 is 1.27 bits per heavy atom. The molecule has 0 spiro atoms. The van der Waals surface area contributed by atoms with Crippen LogP contribution >= 0.6 is 0 Å². The van der Waals surface area contributed by atoms with Gasteiger partial charge in [0.25, 0.3) is 0 Å². The normalized spacial score (nSPS) is 25.3. The average molecular weight is 214 g/mol. The van der Waals surface area contributed by atoms with Gasteiger partial charge in [0.05, 0.1) is 31.8 Å². The molecular formula is C10H14O5. The van der Waals surface area contributed by atoms with E-state index in [4.69, 9.17) is 0 Å². The van der Waals surface area contributed by atoms with Crippen molar-refractivity contribution in [3.63, 3.8) is 0 Å². The molecule has 0 amide bonds. The Balaban J connectivity index is 2.84. The summed E-state index contributed by atoms with van der Waals surface area (Å²) in [5.41, 5.74) is 0. The molecule has 0 unspecified atom stereocenters. The maximum atomic E-state index is 11.4. The van der Waals surface area contributed by atoms with E-state index in [-0.39, 0.29) is 12.2 Å². The van der Waals surface area contributed by atoms with Gasteiger partial charge >= 0.3 is 11.9 Å². The summed E-state index contributed by atoms with van der Waals surface area (Å²) in [6.45, 7) is 0. The molecule has 0 fully saturated rings. The van der Waals surface area contributed by atoms with Crippen molar-refractivity contribution in [2.45, 2.75) is 12.8 Å². The first-order valence-electron chi connectivity index (χ1n) is 4.63. The number of esters is 2. The predicted molar refractivity (Wildman–Crippen MR) is 51.0 cm³/mol. The fourth-order valence-electron chi connectivity index (χ4n) is 1.69. The molecule has 0 saturated carbocycles. The Kier molecular flexibility index (Phi) is 3.71. The molecule has 84 valence electrons. The van der Waals surface area contributed by atoms with Crippen molar-refractivity contribution in [3.05, 3.63) is 11.8 Å². The van der Waals surface area contributed by atoms with Crippen LogP contribution in [-0.2, 0) is 19.1 Å². The molecule has 1 aliphatic carbocycles. The summed E-state index contributed by atoms with van der Waals surface area (Å²) >= 11 is 0. The van der Waals surface area contributed by atoms with Gasteiger partial charge in [-0.3, -0.25) is 9.59 Å². The standard InChI is InChI=1S/C10H14O5/c1-14-9(12)7-4-3-6(11)5-8(7)10(13)15-2/h3,7-8,11H,4-5H2,1-2H3/t7-,8-/m0/s1. The molecule has 1 rings (SSSR count). The summed E-state index contributed by atoms with van der Waals surface area (Å²) in [4.78, 5) is 22.7. The van der Waals surface area contributed by atoms with Crippen LogP contribution in [0.4, 0.5) is 0 Å². The molecular weight excluding hydrogens is 200 g/mol. The van der Waals surface area contributed by atoms with Crippen LogP contribution in [0.25, 0.3) is 0 Å². The first-order chi connectivity index (χ1) is 7.10. The van der Waals surface area contributed by atoms with Crippen LogP contribution < -0.4 is 0 Å². The monoisotopic (exact) mass is 214 g/mol. The molecule has 2 atom stereocenters. The van der Waals surface area contributed by atoms with E-state index in [0.29, 0.717) is 6.42 Å². The quantitative estimate of drug-likeness (QED) is 0.688.